The third-order valence-electron chi connectivity index (χ3n) is 3.81. The van der Waals surface area contributed by atoms with Crippen LogP contribution in [0.1, 0.15) is 47.1 Å². The number of pyridine rings is 1. The van der Waals surface area contributed by atoms with Crippen LogP contribution >= 0.6 is 0 Å². The third-order valence-corrected chi connectivity index (χ3v) is 3.81. The number of rotatable bonds is 6. The zero-order valence-corrected chi connectivity index (χ0v) is 14.3. The molecule has 2 aromatic rings. The minimum atomic E-state index is -0.184. The zero-order chi connectivity index (χ0) is 16.8. The molecule has 0 unspecified atom stereocenters. The lowest BCUT2D eigenvalue weighted by Crippen LogP contribution is -2.18. The van der Waals surface area contributed by atoms with E-state index in [1.165, 1.54) is 0 Å². The molecule has 0 aliphatic heterocycles. The monoisotopic (exact) mass is 312 g/mol. The molecule has 0 aliphatic carbocycles. The van der Waals surface area contributed by atoms with Crippen LogP contribution in [0.2, 0.25) is 0 Å². The predicted molar refractivity (Wildman–Crippen MR) is 93.2 cm³/mol. The summed E-state index contributed by atoms with van der Waals surface area (Å²) in [7, 11) is 0. The highest BCUT2D eigenvalue weighted by Crippen LogP contribution is 2.29. The van der Waals surface area contributed by atoms with Crippen LogP contribution < -0.4 is 10.1 Å². The number of carbonyl (C=O) groups excluding carboxylic acids is 1. The van der Waals surface area contributed by atoms with Gasteiger partial charge < -0.3 is 10.1 Å². The molecule has 0 fully saturated rings. The number of aromatic nitrogens is 1. The first kappa shape index (κ1) is 17.0. The SMILES string of the molecule is CCCCOc1c(C)c(C)nc(C)c1C(=O)Nc1ccccc1. The first-order chi connectivity index (χ1) is 11.0. The van der Waals surface area contributed by atoms with Gasteiger partial charge in [0.2, 0.25) is 0 Å². The first-order valence-corrected chi connectivity index (χ1v) is 8.01. The number of anilines is 1. The summed E-state index contributed by atoms with van der Waals surface area (Å²) in [6.45, 7) is 8.45. The molecule has 0 saturated heterocycles. The summed E-state index contributed by atoms with van der Waals surface area (Å²) in [5.41, 5.74) is 3.78. The van der Waals surface area contributed by atoms with Gasteiger partial charge in [-0.3, -0.25) is 9.78 Å². The second-order valence-corrected chi connectivity index (χ2v) is 5.63. The molecule has 0 radical (unpaired) electrons. The van der Waals surface area contributed by atoms with Crippen LogP contribution in [0.25, 0.3) is 0 Å². The van der Waals surface area contributed by atoms with E-state index in [9.17, 15) is 4.79 Å². The number of unbranched alkanes of at least 4 members (excludes halogenated alkanes) is 1. The minimum Gasteiger partial charge on any atom is -0.492 e. The van der Waals surface area contributed by atoms with Gasteiger partial charge in [-0.25, -0.2) is 0 Å². The summed E-state index contributed by atoms with van der Waals surface area (Å²) in [6.07, 6.45) is 2.01. The molecule has 1 aromatic heterocycles. The average molecular weight is 312 g/mol. The number of hydrogen-bond acceptors (Lipinski definition) is 3. The van der Waals surface area contributed by atoms with E-state index < -0.39 is 0 Å². The van der Waals surface area contributed by atoms with E-state index in [1.54, 1.807) is 0 Å². The van der Waals surface area contributed by atoms with Crippen molar-refractivity contribution < 1.29 is 9.53 Å². The van der Waals surface area contributed by atoms with Gasteiger partial charge in [-0.05, 0) is 39.3 Å². The van der Waals surface area contributed by atoms with Crippen LogP contribution in [0.15, 0.2) is 30.3 Å². The molecule has 0 aliphatic rings. The van der Waals surface area contributed by atoms with Crippen LogP contribution in [0, 0.1) is 20.8 Å². The molecule has 1 N–H and O–H groups in total. The summed E-state index contributed by atoms with van der Waals surface area (Å²) in [5, 5.41) is 2.92. The van der Waals surface area contributed by atoms with Crippen molar-refractivity contribution in [3.05, 3.63) is 52.8 Å². The number of aryl methyl sites for hydroxylation is 2. The molecule has 122 valence electrons. The summed E-state index contributed by atoms with van der Waals surface area (Å²) in [6, 6.07) is 9.41. The zero-order valence-electron chi connectivity index (χ0n) is 14.3. The van der Waals surface area contributed by atoms with Gasteiger partial charge in [-0.15, -0.1) is 0 Å². The Morgan fingerprint density at radius 3 is 2.48 bits per heavy atom. The topological polar surface area (TPSA) is 51.2 Å². The fourth-order valence-corrected chi connectivity index (χ4v) is 2.39. The molecular formula is C19H24N2O2. The molecule has 23 heavy (non-hydrogen) atoms. The molecular weight excluding hydrogens is 288 g/mol. The fourth-order valence-electron chi connectivity index (χ4n) is 2.39. The van der Waals surface area contributed by atoms with Crippen molar-refractivity contribution in [2.24, 2.45) is 0 Å². The molecule has 0 bridgehead atoms. The number of hydrogen-bond donors (Lipinski definition) is 1. The highest BCUT2D eigenvalue weighted by Gasteiger charge is 2.21. The van der Waals surface area contributed by atoms with Crippen molar-refractivity contribution in [3.63, 3.8) is 0 Å². The number of nitrogens with one attached hydrogen (secondary N) is 1. The molecule has 0 spiro atoms. The Labute approximate surface area is 137 Å². The van der Waals surface area contributed by atoms with Gasteiger partial charge in [0.25, 0.3) is 5.91 Å². The average Bonchev–Trinajstić information content (AvgIpc) is 2.53. The van der Waals surface area contributed by atoms with E-state index >= 15 is 0 Å². The Hall–Kier alpha value is -2.36. The van der Waals surface area contributed by atoms with Crippen LogP contribution in [0.5, 0.6) is 5.75 Å². The lowest BCUT2D eigenvalue weighted by atomic mass is 10.1. The molecule has 1 aromatic carbocycles. The van der Waals surface area contributed by atoms with Crippen LogP contribution in [0.3, 0.4) is 0 Å². The number of nitrogens with zero attached hydrogens (tertiary/aromatic N) is 1. The Kier molecular flexibility index (Phi) is 5.74. The van der Waals surface area contributed by atoms with Crippen molar-refractivity contribution in [2.75, 3.05) is 11.9 Å². The number of para-hydroxylation sites is 1. The summed E-state index contributed by atoms with van der Waals surface area (Å²) in [4.78, 5) is 17.2. The largest absolute Gasteiger partial charge is 0.492 e. The van der Waals surface area contributed by atoms with Crippen molar-refractivity contribution >= 4 is 11.6 Å². The smallest absolute Gasteiger partial charge is 0.261 e. The van der Waals surface area contributed by atoms with E-state index in [0.717, 1.165) is 29.8 Å². The number of ether oxygens (including phenoxy) is 1. The third kappa shape index (κ3) is 4.09. The second-order valence-electron chi connectivity index (χ2n) is 5.63. The molecule has 1 heterocycles. The molecule has 0 saturated carbocycles. The van der Waals surface area contributed by atoms with Crippen LogP contribution in [0.4, 0.5) is 5.69 Å². The van der Waals surface area contributed by atoms with E-state index in [-0.39, 0.29) is 5.91 Å². The van der Waals surface area contributed by atoms with E-state index in [0.29, 0.717) is 23.6 Å². The van der Waals surface area contributed by atoms with Gasteiger partial charge in [-0.2, -0.15) is 0 Å². The molecule has 2 rings (SSSR count). The summed E-state index contributed by atoms with van der Waals surface area (Å²) < 4.78 is 5.93. The second kappa shape index (κ2) is 7.77. The lowest BCUT2D eigenvalue weighted by Gasteiger charge is -2.17. The van der Waals surface area contributed by atoms with Crippen molar-refractivity contribution in [1.82, 2.24) is 4.98 Å². The maximum Gasteiger partial charge on any atom is 0.261 e. The molecule has 1 amide bonds. The highest BCUT2D eigenvalue weighted by atomic mass is 16.5. The highest BCUT2D eigenvalue weighted by molar-refractivity contribution is 6.07. The maximum absolute atomic E-state index is 12.7. The van der Waals surface area contributed by atoms with Gasteiger partial charge in [0, 0.05) is 16.9 Å². The Morgan fingerprint density at radius 1 is 1.13 bits per heavy atom. The molecule has 0 atom stereocenters. The fraction of sp³-hybridized carbons (Fsp3) is 0.368. The van der Waals surface area contributed by atoms with Crippen molar-refractivity contribution in [3.8, 4) is 5.75 Å². The van der Waals surface area contributed by atoms with Crippen LogP contribution in [-0.4, -0.2) is 17.5 Å². The Bertz CT molecular complexity index is 682. The van der Waals surface area contributed by atoms with E-state index in [1.807, 2.05) is 51.1 Å². The summed E-state index contributed by atoms with van der Waals surface area (Å²) >= 11 is 0. The lowest BCUT2D eigenvalue weighted by molar-refractivity contribution is 0.102. The first-order valence-electron chi connectivity index (χ1n) is 8.01. The van der Waals surface area contributed by atoms with Gasteiger partial charge in [0.1, 0.15) is 11.3 Å². The normalized spacial score (nSPS) is 10.4. The van der Waals surface area contributed by atoms with Crippen molar-refractivity contribution in [1.29, 1.82) is 0 Å². The quantitative estimate of drug-likeness (QED) is 0.802. The maximum atomic E-state index is 12.7. The van der Waals surface area contributed by atoms with E-state index in [2.05, 4.69) is 17.2 Å². The van der Waals surface area contributed by atoms with Gasteiger partial charge in [0.15, 0.2) is 0 Å². The van der Waals surface area contributed by atoms with Crippen LogP contribution in [-0.2, 0) is 0 Å². The van der Waals surface area contributed by atoms with Gasteiger partial charge >= 0.3 is 0 Å². The number of amides is 1. The molecule has 4 nitrogen and oxygen atoms in total. The van der Waals surface area contributed by atoms with E-state index in [4.69, 9.17) is 4.74 Å². The predicted octanol–water partition coefficient (Wildman–Crippen LogP) is 4.44. The molecule has 4 heteroatoms. The van der Waals surface area contributed by atoms with Gasteiger partial charge in [-0.1, -0.05) is 31.5 Å². The standard InChI is InChI=1S/C19H24N2O2/c1-5-6-12-23-18-13(2)14(3)20-15(4)17(18)19(22)21-16-10-8-7-9-11-16/h7-11H,5-6,12H2,1-4H3,(H,21,22). The number of benzene rings is 1. The Morgan fingerprint density at radius 2 is 1.83 bits per heavy atom. The minimum absolute atomic E-state index is 0.184. The summed E-state index contributed by atoms with van der Waals surface area (Å²) in [5.74, 6) is 0.465. The van der Waals surface area contributed by atoms with Crippen molar-refractivity contribution in [2.45, 2.75) is 40.5 Å². The Balaban J connectivity index is 2.35. The number of carbonyl (C=O) groups is 1. The van der Waals surface area contributed by atoms with Gasteiger partial charge in [0.05, 0.1) is 12.3 Å².